The Hall–Kier alpha value is -0.940. The molecule has 1 fully saturated rings. The van der Waals surface area contributed by atoms with Gasteiger partial charge in [0.25, 0.3) is 0 Å². The first-order valence-electron chi connectivity index (χ1n) is 8.34. The predicted molar refractivity (Wildman–Crippen MR) is 90.1 cm³/mol. The maximum absolute atomic E-state index is 10.2. The molecule has 0 aromatic heterocycles. The summed E-state index contributed by atoms with van der Waals surface area (Å²) in [7, 11) is 0. The molecule has 2 rings (SSSR count). The van der Waals surface area contributed by atoms with Gasteiger partial charge in [-0.15, -0.1) is 0 Å². The van der Waals surface area contributed by atoms with Gasteiger partial charge in [0, 0.05) is 31.7 Å². The number of hydrogen-bond acceptors (Lipinski definition) is 4. The van der Waals surface area contributed by atoms with Gasteiger partial charge in [0.1, 0.15) is 0 Å². The molecular formula is C18H30N2O2. The SMILES string of the molecule is CCc1ccc(C(C)(C)NCC(O)CN2CCOCC2)cc1. The highest BCUT2D eigenvalue weighted by atomic mass is 16.5. The number of aryl methyl sites for hydroxylation is 1. The lowest BCUT2D eigenvalue weighted by Crippen LogP contribution is -2.47. The summed E-state index contributed by atoms with van der Waals surface area (Å²) in [6.07, 6.45) is 0.708. The number of aliphatic hydroxyl groups excluding tert-OH is 1. The number of rotatable bonds is 7. The maximum atomic E-state index is 10.2. The van der Waals surface area contributed by atoms with E-state index in [2.05, 4.69) is 55.3 Å². The van der Waals surface area contributed by atoms with Crippen molar-refractivity contribution in [2.24, 2.45) is 0 Å². The van der Waals surface area contributed by atoms with E-state index in [-0.39, 0.29) is 11.6 Å². The Morgan fingerprint density at radius 1 is 1.23 bits per heavy atom. The molecule has 0 radical (unpaired) electrons. The molecular weight excluding hydrogens is 276 g/mol. The van der Waals surface area contributed by atoms with Crippen LogP contribution in [0.5, 0.6) is 0 Å². The van der Waals surface area contributed by atoms with E-state index < -0.39 is 0 Å². The van der Waals surface area contributed by atoms with Crippen molar-refractivity contribution < 1.29 is 9.84 Å². The van der Waals surface area contributed by atoms with Crippen molar-refractivity contribution in [1.29, 1.82) is 0 Å². The van der Waals surface area contributed by atoms with E-state index in [0.717, 1.165) is 32.7 Å². The molecule has 1 aliphatic heterocycles. The zero-order chi connectivity index (χ0) is 16.0. The smallest absolute Gasteiger partial charge is 0.0791 e. The Kier molecular flexibility index (Phi) is 6.38. The monoisotopic (exact) mass is 306 g/mol. The van der Waals surface area contributed by atoms with Gasteiger partial charge >= 0.3 is 0 Å². The second kappa shape index (κ2) is 8.06. The fraction of sp³-hybridized carbons (Fsp3) is 0.667. The van der Waals surface area contributed by atoms with Crippen LogP contribution in [0, 0.1) is 0 Å². The average molecular weight is 306 g/mol. The van der Waals surface area contributed by atoms with Gasteiger partial charge in [-0.25, -0.2) is 0 Å². The van der Waals surface area contributed by atoms with E-state index in [1.54, 1.807) is 0 Å². The van der Waals surface area contributed by atoms with Gasteiger partial charge in [-0.05, 0) is 31.4 Å². The molecule has 1 aromatic carbocycles. The fourth-order valence-corrected chi connectivity index (χ4v) is 2.78. The quantitative estimate of drug-likeness (QED) is 0.806. The molecule has 1 unspecified atom stereocenters. The Labute approximate surface area is 134 Å². The van der Waals surface area contributed by atoms with Crippen LogP contribution in [-0.2, 0) is 16.7 Å². The van der Waals surface area contributed by atoms with Gasteiger partial charge in [0.15, 0.2) is 0 Å². The third-order valence-corrected chi connectivity index (χ3v) is 4.44. The molecule has 1 aliphatic rings. The van der Waals surface area contributed by atoms with E-state index >= 15 is 0 Å². The number of benzene rings is 1. The van der Waals surface area contributed by atoms with Crippen LogP contribution in [0.4, 0.5) is 0 Å². The molecule has 2 N–H and O–H groups in total. The number of β-amino-alcohol motifs (C(OH)–C–C–N with tert-alkyl or cyclic N) is 1. The number of aliphatic hydroxyl groups is 1. The lowest BCUT2D eigenvalue weighted by Gasteiger charge is -2.32. The first-order valence-corrected chi connectivity index (χ1v) is 8.34. The lowest BCUT2D eigenvalue weighted by atomic mass is 9.93. The van der Waals surface area contributed by atoms with E-state index in [4.69, 9.17) is 4.74 Å². The number of morpholine rings is 1. The second-order valence-corrected chi connectivity index (χ2v) is 6.62. The van der Waals surface area contributed by atoms with E-state index in [1.807, 2.05) is 0 Å². The molecule has 4 heteroatoms. The first-order chi connectivity index (χ1) is 10.5. The van der Waals surface area contributed by atoms with E-state index in [9.17, 15) is 5.11 Å². The zero-order valence-corrected chi connectivity index (χ0v) is 14.1. The summed E-state index contributed by atoms with van der Waals surface area (Å²) in [5.74, 6) is 0. The summed E-state index contributed by atoms with van der Waals surface area (Å²) in [4.78, 5) is 2.26. The molecule has 22 heavy (non-hydrogen) atoms. The van der Waals surface area contributed by atoms with Gasteiger partial charge in [-0.1, -0.05) is 31.2 Å². The molecule has 124 valence electrons. The van der Waals surface area contributed by atoms with Crippen LogP contribution in [-0.4, -0.2) is 55.5 Å². The molecule has 4 nitrogen and oxygen atoms in total. The van der Waals surface area contributed by atoms with Crippen molar-refractivity contribution >= 4 is 0 Å². The van der Waals surface area contributed by atoms with E-state index in [0.29, 0.717) is 13.1 Å². The average Bonchev–Trinajstić information content (AvgIpc) is 2.54. The molecule has 1 atom stereocenters. The van der Waals surface area contributed by atoms with Gasteiger partial charge in [0.05, 0.1) is 19.3 Å². The van der Waals surface area contributed by atoms with Gasteiger partial charge in [0.2, 0.25) is 0 Å². The molecule has 1 heterocycles. The standard InChI is InChI=1S/C18H30N2O2/c1-4-15-5-7-16(8-6-15)18(2,3)19-13-17(21)14-20-9-11-22-12-10-20/h5-8,17,19,21H,4,9-14H2,1-3H3. The molecule has 0 amide bonds. The van der Waals surface area contributed by atoms with Crippen LogP contribution in [0.2, 0.25) is 0 Å². The van der Waals surface area contributed by atoms with Crippen LogP contribution in [0.25, 0.3) is 0 Å². The normalized spacial score (nSPS) is 18.4. The summed E-state index contributed by atoms with van der Waals surface area (Å²) in [6, 6.07) is 8.73. The Bertz CT molecular complexity index is 439. The Morgan fingerprint density at radius 2 is 1.86 bits per heavy atom. The highest BCUT2D eigenvalue weighted by Crippen LogP contribution is 2.20. The molecule has 0 spiro atoms. The summed E-state index contributed by atoms with van der Waals surface area (Å²) in [5, 5.41) is 13.7. The highest BCUT2D eigenvalue weighted by molar-refractivity contribution is 5.27. The summed E-state index contributed by atoms with van der Waals surface area (Å²) < 4.78 is 5.33. The van der Waals surface area contributed by atoms with Crippen LogP contribution in [0.1, 0.15) is 31.9 Å². The first kappa shape index (κ1) is 17.4. The van der Waals surface area contributed by atoms with Crippen molar-refractivity contribution in [3.63, 3.8) is 0 Å². The highest BCUT2D eigenvalue weighted by Gasteiger charge is 2.22. The van der Waals surface area contributed by atoms with Crippen molar-refractivity contribution in [3.05, 3.63) is 35.4 Å². The van der Waals surface area contributed by atoms with Crippen molar-refractivity contribution in [3.8, 4) is 0 Å². The minimum absolute atomic E-state index is 0.141. The fourth-order valence-electron chi connectivity index (χ4n) is 2.78. The number of nitrogens with zero attached hydrogens (tertiary/aromatic N) is 1. The molecule has 0 bridgehead atoms. The van der Waals surface area contributed by atoms with Crippen LogP contribution in [0.15, 0.2) is 24.3 Å². The molecule has 1 saturated heterocycles. The molecule has 0 aliphatic carbocycles. The van der Waals surface area contributed by atoms with Crippen molar-refractivity contribution in [2.45, 2.75) is 38.8 Å². The van der Waals surface area contributed by atoms with Gasteiger partial charge in [-0.3, -0.25) is 4.90 Å². The third kappa shape index (κ3) is 5.06. The number of hydrogen-bond donors (Lipinski definition) is 2. The summed E-state index contributed by atoms with van der Waals surface area (Å²) >= 11 is 0. The Balaban J connectivity index is 1.82. The molecule has 0 saturated carbocycles. The minimum atomic E-state index is -0.354. The van der Waals surface area contributed by atoms with Crippen LogP contribution in [0.3, 0.4) is 0 Å². The summed E-state index contributed by atoms with van der Waals surface area (Å²) in [5.41, 5.74) is 2.47. The van der Waals surface area contributed by atoms with Gasteiger partial charge in [-0.2, -0.15) is 0 Å². The summed E-state index contributed by atoms with van der Waals surface area (Å²) in [6.45, 7) is 11.2. The lowest BCUT2D eigenvalue weighted by molar-refractivity contribution is 0.0137. The third-order valence-electron chi connectivity index (χ3n) is 4.44. The van der Waals surface area contributed by atoms with Crippen LogP contribution >= 0.6 is 0 Å². The zero-order valence-electron chi connectivity index (χ0n) is 14.1. The second-order valence-electron chi connectivity index (χ2n) is 6.62. The van der Waals surface area contributed by atoms with E-state index in [1.165, 1.54) is 11.1 Å². The topological polar surface area (TPSA) is 44.7 Å². The molecule has 1 aromatic rings. The number of nitrogens with one attached hydrogen (secondary N) is 1. The minimum Gasteiger partial charge on any atom is -0.390 e. The Morgan fingerprint density at radius 3 is 2.45 bits per heavy atom. The van der Waals surface area contributed by atoms with Crippen LogP contribution < -0.4 is 5.32 Å². The largest absolute Gasteiger partial charge is 0.390 e. The number of ether oxygens (including phenoxy) is 1. The van der Waals surface area contributed by atoms with Gasteiger partial charge < -0.3 is 15.2 Å². The maximum Gasteiger partial charge on any atom is 0.0791 e. The van der Waals surface area contributed by atoms with Crippen molar-refractivity contribution in [2.75, 3.05) is 39.4 Å². The predicted octanol–water partition coefficient (Wildman–Crippen LogP) is 1.77. The van der Waals surface area contributed by atoms with Crippen molar-refractivity contribution in [1.82, 2.24) is 10.2 Å².